The Labute approximate surface area is 174 Å². The van der Waals surface area contributed by atoms with E-state index >= 15 is 0 Å². The lowest BCUT2D eigenvalue weighted by atomic mass is 9.88. The van der Waals surface area contributed by atoms with Gasteiger partial charge in [-0.3, -0.25) is 4.98 Å². The third-order valence-electron chi connectivity index (χ3n) is 6.03. The van der Waals surface area contributed by atoms with Gasteiger partial charge in [0, 0.05) is 41.3 Å². The van der Waals surface area contributed by atoms with Crippen molar-refractivity contribution in [3.63, 3.8) is 0 Å². The number of H-pyrrole nitrogens is 1. The van der Waals surface area contributed by atoms with Crippen LogP contribution in [0.2, 0.25) is 0 Å². The number of nitrogens with zero attached hydrogens (tertiary/aromatic N) is 2. The van der Waals surface area contributed by atoms with E-state index in [0.717, 1.165) is 52.9 Å². The monoisotopic (exact) mass is 404 g/mol. The van der Waals surface area contributed by atoms with Gasteiger partial charge in [-0.15, -0.1) is 0 Å². The third kappa shape index (κ3) is 3.15. The molecule has 2 aliphatic carbocycles. The molecular formula is C23H24N4O3. The summed E-state index contributed by atoms with van der Waals surface area (Å²) in [6, 6.07) is 5.51. The van der Waals surface area contributed by atoms with Gasteiger partial charge in [0.2, 0.25) is 5.88 Å². The number of hydrogen-bond acceptors (Lipinski definition) is 5. The summed E-state index contributed by atoms with van der Waals surface area (Å²) >= 11 is 0. The molecular weight excluding hydrogens is 380 g/mol. The lowest BCUT2D eigenvalue weighted by molar-refractivity contribution is 0.0694. The molecule has 1 unspecified atom stereocenters. The molecule has 7 nitrogen and oxygen atoms in total. The first kappa shape index (κ1) is 18.8. The van der Waals surface area contributed by atoms with Crippen molar-refractivity contribution >= 4 is 5.97 Å². The second-order valence-corrected chi connectivity index (χ2v) is 7.98. The van der Waals surface area contributed by atoms with Crippen LogP contribution in [0.15, 0.2) is 30.6 Å². The van der Waals surface area contributed by atoms with Gasteiger partial charge in [0.05, 0.1) is 23.6 Å². The fourth-order valence-electron chi connectivity index (χ4n) is 4.32. The lowest BCUT2D eigenvalue weighted by Crippen LogP contribution is -2.17. The number of fused-ring (bicyclic) bond motifs is 3. The molecule has 5 rings (SSSR count). The number of nitrogens with one attached hydrogen (secondary N) is 1. The molecule has 0 amide bonds. The molecule has 0 radical (unpaired) electrons. The summed E-state index contributed by atoms with van der Waals surface area (Å²) in [6.07, 6.45) is 7.16. The number of pyridine rings is 2. The molecule has 3 aromatic rings. The van der Waals surface area contributed by atoms with Crippen LogP contribution in [0, 0.1) is 5.92 Å². The summed E-state index contributed by atoms with van der Waals surface area (Å²) in [5, 5.41) is 9.90. The van der Waals surface area contributed by atoms with E-state index in [2.05, 4.69) is 15.0 Å². The average molecular weight is 404 g/mol. The molecule has 0 spiro atoms. The van der Waals surface area contributed by atoms with Crippen molar-refractivity contribution in [1.29, 1.82) is 0 Å². The number of aromatic carboxylic acids is 1. The van der Waals surface area contributed by atoms with Crippen LogP contribution in [0.1, 0.15) is 53.0 Å². The second kappa shape index (κ2) is 7.25. The maximum Gasteiger partial charge on any atom is 0.337 e. The highest BCUT2D eigenvalue weighted by molar-refractivity contribution is 5.95. The van der Waals surface area contributed by atoms with Crippen molar-refractivity contribution in [2.75, 3.05) is 6.61 Å². The summed E-state index contributed by atoms with van der Waals surface area (Å²) in [4.78, 5) is 24.4. The average Bonchev–Trinajstić information content (AvgIpc) is 3.52. The molecule has 0 bridgehead atoms. The predicted octanol–water partition coefficient (Wildman–Crippen LogP) is 3.74. The maximum atomic E-state index is 12.1. The van der Waals surface area contributed by atoms with Crippen molar-refractivity contribution in [3.05, 3.63) is 53.0 Å². The van der Waals surface area contributed by atoms with Crippen molar-refractivity contribution in [2.24, 2.45) is 11.7 Å². The summed E-state index contributed by atoms with van der Waals surface area (Å²) in [7, 11) is 0. The van der Waals surface area contributed by atoms with Crippen LogP contribution in [-0.2, 0) is 12.8 Å². The van der Waals surface area contributed by atoms with Gasteiger partial charge in [-0.25, -0.2) is 9.78 Å². The van der Waals surface area contributed by atoms with Crippen LogP contribution >= 0.6 is 0 Å². The summed E-state index contributed by atoms with van der Waals surface area (Å²) in [6.45, 7) is 2.49. The Morgan fingerprint density at radius 2 is 2.13 bits per heavy atom. The number of aryl methyl sites for hydroxylation is 1. The van der Waals surface area contributed by atoms with Crippen molar-refractivity contribution in [3.8, 4) is 28.4 Å². The highest BCUT2D eigenvalue weighted by Gasteiger charge is 2.36. The Morgan fingerprint density at radius 1 is 1.30 bits per heavy atom. The molecule has 0 aromatic carbocycles. The Bertz CT molecular complexity index is 1120. The number of nitrogens with two attached hydrogens (primary N) is 1. The van der Waals surface area contributed by atoms with Crippen LogP contribution < -0.4 is 10.5 Å². The van der Waals surface area contributed by atoms with Crippen molar-refractivity contribution in [1.82, 2.24) is 15.0 Å². The number of aromatic nitrogens is 3. The van der Waals surface area contributed by atoms with Crippen molar-refractivity contribution in [2.45, 2.75) is 38.6 Å². The van der Waals surface area contributed by atoms with Gasteiger partial charge >= 0.3 is 5.97 Å². The van der Waals surface area contributed by atoms with Crippen LogP contribution in [0.25, 0.3) is 22.5 Å². The fourth-order valence-corrected chi connectivity index (χ4v) is 4.32. The van der Waals surface area contributed by atoms with Crippen LogP contribution in [0.4, 0.5) is 0 Å². The van der Waals surface area contributed by atoms with Gasteiger partial charge in [-0.2, -0.15) is 0 Å². The summed E-state index contributed by atoms with van der Waals surface area (Å²) < 4.78 is 5.41. The molecule has 2 aliphatic rings. The van der Waals surface area contributed by atoms with E-state index in [9.17, 15) is 9.90 Å². The molecule has 3 aromatic heterocycles. The van der Waals surface area contributed by atoms with Crippen LogP contribution in [0.3, 0.4) is 0 Å². The van der Waals surface area contributed by atoms with Gasteiger partial charge in [0.1, 0.15) is 0 Å². The number of hydrogen-bond donors (Lipinski definition) is 3. The minimum Gasteiger partial charge on any atom is -0.478 e. The van der Waals surface area contributed by atoms with E-state index in [4.69, 9.17) is 10.5 Å². The fraction of sp³-hybridized carbons (Fsp3) is 0.348. The Balaban J connectivity index is 1.58. The van der Waals surface area contributed by atoms with Crippen LogP contribution in [-0.4, -0.2) is 32.6 Å². The lowest BCUT2D eigenvalue weighted by Gasteiger charge is -2.17. The van der Waals surface area contributed by atoms with E-state index in [0.29, 0.717) is 36.1 Å². The number of carboxylic acid groups (broad SMARTS) is 1. The van der Waals surface area contributed by atoms with E-state index in [1.807, 2.05) is 31.3 Å². The second-order valence-electron chi connectivity index (χ2n) is 7.98. The molecule has 1 saturated carbocycles. The van der Waals surface area contributed by atoms with Gasteiger partial charge in [-0.1, -0.05) is 0 Å². The van der Waals surface area contributed by atoms with Gasteiger partial charge in [-0.05, 0) is 61.8 Å². The Hall–Kier alpha value is -3.19. The molecule has 4 N–H and O–H groups in total. The first-order valence-electron chi connectivity index (χ1n) is 10.4. The van der Waals surface area contributed by atoms with E-state index in [1.54, 1.807) is 6.20 Å². The zero-order chi connectivity index (χ0) is 20.8. The summed E-state index contributed by atoms with van der Waals surface area (Å²) in [5.74, 6) is 0.0355. The normalized spacial score (nSPS) is 15.9. The van der Waals surface area contributed by atoms with E-state index in [1.165, 1.54) is 0 Å². The zero-order valence-corrected chi connectivity index (χ0v) is 16.8. The molecule has 0 saturated heterocycles. The van der Waals surface area contributed by atoms with Gasteiger partial charge in [0.25, 0.3) is 0 Å². The molecule has 3 heterocycles. The topological polar surface area (TPSA) is 114 Å². The van der Waals surface area contributed by atoms with E-state index < -0.39 is 5.97 Å². The first-order valence-corrected chi connectivity index (χ1v) is 10.4. The number of carboxylic acids is 1. The molecule has 1 atom stereocenters. The highest BCUT2D eigenvalue weighted by Crippen LogP contribution is 2.44. The minimum absolute atomic E-state index is 0.262. The molecule has 30 heavy (non-hydrogen) atoms. The minimum atomic E-state index is -0.910. The molecule has 1 fully saturated rings. The standard InChI is InChI=1S/C23H24N4O3/c1-2-30-18-8-6-14(11-26-18)17-9-16-13(10-25-17)5-7-15-19(23(28)29)22(27-21(15)16)20(24)12-3-4-12/h6,8-12,20,27H,2-5,7,24H2,1H3,(H,28,29). The number of aromatic amines is 1. The highest BCUT2D eigenvalue weighted by atomic mass is 16.5. The predicted molar refractivity (Wildman–Crippen MR) is 112 cm³/mol. The Kier molecular flexibility index (Phi) is 4.55. The van der Waals surface area contributed by atoms with Crippen molar-refractivity contribution < 1.29 is 14.6 Å². The molecule has 0 aliphatic heterocycles. The van der Waals surface area contributed by atoms with E-state index in [-0.39, 0.29) is 6.04 Å². The zero-order valence-electron chi connectivity index (χ0n) is 16.8. The first-order chi connectivity index (χ1) is 14.6. The third-order valence-corrected chi connectivity index (χ3v) is 6.03. The van der Waals surface area contributed by atoms with Gasteiger partial charge < -0.3 is 20.6 Å². The smallest absolute Gasteiger partial charge is 0.337 e. The summed E-state index contributed by atoms with van der Waals surface area (Å²) in [5.41, 5.74) is 12.9. The largest absolute Gasteiger partial charge is 0.478 e. The number of rotatable bonds is 6. The number of carbonyl (C=O) groups is 1. The maximum absolute atomic E-state index is 12.1. The molecule has 154 valence electrons. The Morgan fingerprint density at radius 3 is 2.80 bits per heavy atom. The SMILES string of the molecule is CCOc1ccc(-c2cc3c(cn2)CCc2c-3[nH]c(C(N)C3CC3)c2C(=O)O)cn1. The van der Waals surface area contributed by atoms with Crippen LogP contribution in [0.5, 0.6) is 5.88 Å². The molecule has 7 heteroatoms. The number of ether oxygens (including phenoxy) is 1. The van der Waals surface area contributed by atoms with Gasteiger partial charge in [0.15, 0.2) is 0 Å². The quantitative estimate of drug-likeness (QED) is 0.577.